The lowest BCUT2D eigenvalue weighted by molar-refractivity contribution is 0.0347. The van der Waals surface area contributed by atoms with E-state index in [-0.39, 0.29) is 0 Å². The van der Waals surface area contributed by atoms with E-state index in [4.69, 9.17) is 16.3 Å². The van der Waals surface area contributed by atoms with Gasteiger partial charge in [-0.05, 0) is 19.3 Å². The highest BCUT2D eigenvalue weighted by Gasteiger charge is 2.13. The van der Waals surface area contributed by atoms with E-state index in [9.17, 15) is 0 Å². The summed E-state index contributed by atoms with van der Waals surface area (Å²) in [6.07, 6.45) is 8.71. The van der Waals surface area contributed by atoms with E-state index >= 15 is 0 Å². The largest absolute Gasteiger partial charge is 0.376 e. The maximum absolute atomic E-state index is 6.00. The number of hydrogen-bond donors (Lipinski definition) is 1. The Bertz CT molecular complexity index is 408. The Morgan fingerprint density at radius 1 is 1.30 bits per heavy atom. The van der Waals surface area contributed by atoms with Crippen molar-refractivity contribution < 1.29 is 4.74 Å². The number of ether oxygens (including phenoxy) is 1. The van der Waals surface area contributed by atoms with Crippen molar-refractivity contribution in [2.75, 3.05) is 18.5 Å². The van der Waals surface area contributed by atoms with Gasteiger partial charge in [-0.3, -0.25) is 0 Å². The van der Waals surface area contributed by atoms with E-state index in [1.54, 1.807) is 6.07 Å². The molecule has 2 rings (SSSR count). The summed E-state index contributed by atoms with van der Waals surface area (Å²) in [5, 5.41) is 3.76. The van der Waals surface area contributed by atoms with Gasteiger partial charge < -0.3 is 10.1 Å². The van der Waals surface area contributed by atoms with Crippen LogP contribution in [0.4, 0.5) is 5.82 Å². The maximum atomic E-state index is 6.00. The van der Waals surface area contributed by atoms with Crippen molar-refractivity contribution in [1.82, 2.24) is 9.97 Å². The zero-order chi connectivity index (χ0) is 14.2. The monoisotopic (exact) mass is 297 g/mol. The molecule has 0 aromatic carbocycles. The van der Waals surface area contributed by atoms with Crippen LogP contribution in [0.2, 0.25) is 5.15 Å². The van der Waals surface area contributed by atoms with Crippen molar-refractivity contribution in [3.8, 4) is 0 Å². The van der Waals surface area contributed by atoms with Crippen LogP contribution in [0.15, 0.2) is 6.07 Å². The molecule has 4 nitrogen and oxygen atoms in total. The normalized spacial score (nSPS) is 16.3. The number of nitrogens with one attached hydrogen (secondary N) is 1. The van der Waals surface area contributed by atoms with Gasteiger partial charge >= 0.3 is 0 Å². The number of rotatable bonds is 7. The molecule has 0 aliphatic heterocycles. The molecule has 0 radical (unpaired) electrons. The van der Waals surface area contributed by atoms with Crippen molar-refractivity contribution in [3.63, 3.8) is 0 Å². The van der Waals surface area contributed by atoms with Crippen LogP contribution < -0.4 is 5.32 Å². The van der Waals surface area contributed by atoms with E-state index in [0.29, 0.717) is 11.3 Å². The molecule has 0 atom stereocenters. The molecular formula is C15H24ClN3O. The Morgan fingerprint density at radius 2 is 2.10 bits per heavy atom. The lowest BCUT2D eigenvalue weighted by atomic mass is 9.98. The van der Waals surface area contributed by atoms with E-state index < -0.39 is 0 Å². The molecule has 0 bridgehead atoms. The third kappa shape index (κ3) is 5.25. The van der Waals surface area contributed by atoms with Gasteiger partial charge in [-0.25, -0.2) is 9.97 Å². The number of hydrogen-bond acceptors (Lipinski definition) is 4. The molecule has 5 heteroatoms. The molecule has 0 unspecified atom stereocenters. The first-order valence-corrected chi connectivity index (χ1v) is 8.04. The predicted molar refractivity (Wildman–Crippen MR) is 82.4 cm³/mol. The minimum absolute atomic E-state index is 0.454. The highest BCUT2D eigenvalue weighted by Crippen LogP contribution is 2.20. The maximum Gasteiger partial charge on any atom is 0.134 e. The molecule has 1 heterocycles. The number of nitrogens with zero attached hydrogens (tertiary/aromatic N) is 2. The Kier molecular flexibility index (Phi) is 6.54. The van der Waals surface area contributed by atoms with E-state index in [1.807, 2.05) is 0 Å². The second kappa shape index (κ2) is 8.42. The average Bonchev–Trinajstić information content (AvgIpc) is 2.45. The Labute approximate surface area is 126 Å². The zero-order valence-corrected chi connectivity index (χ0v) is 13.0. The minimum Gasteiger partial charge on any atom is -0.376 e. The van der Waals surface area contributed by atoms with Crippen LogP contribution in [-0.4, -0.2) is 29.2 Å². The fourth-order valence-electron chi connectivity index (χ4n) is 2.53. The highest BCUT2D eigenvalue weighted by atomic mass is 35.5. The second-order valence-corrected chi connectivity index (χ2v) is 5.69. The molecule has 1 aliphatic carbocycles. The smallest absolute Gasteiger partial charge is 0.134 e. The topological polar surface area (TPSA) is 47.0 Å². The van der Waals surface area contributed by atoms with Crippen molar-refractivity contribution in [2.45, 2.75) is 58.0 Å². The molecule has 1 aliphatic rings. The van der Waals surface area contributed by atoms with Crippen molar-refractivity contribution >= 4 is 17.4 Å². The van der Waals surface area contributed by atoms with Gasteiger partial charge in [0.25, 0.3) is 0 Å². The van der Waals surface area contributed by atoms with Crippen LogP contribution in [0.1, 0.15) is 51.3 Å². The summed E-state index contributed by atoms with van der Waals surface area (Å²) in [6, 6.07) is 1.77. The van der Waals surface area contributed by atoms with E-state index in [0.717, 1.165) is 37.6 Å². The Morgan fingerprint density at radius 3 is 2.85 bits per heavy atom. The molecule has 112 valence electrons. The fourth-order valence-corrected chi connectivity index (χ4v) is 2.73. The molecule has 1 saturated carbocycles. The van der Waals surface area contributed by atoms with Gasteiger partial charge in [0.1, 0.15) is 16.8 Å². The second-order valence-electron chi connectivity index (χ2n) is 5.30. The molecule has 0 spiro atoms. The van der Waals surface area contributed by atoms with Gasteiger partial charge in [-0.1, -0.05) is 37.8 Å². The van der Waals surface area contributed by atoms with Gasteiger partial charge in [0.15, 0.2) is 0 Å². The lowest BCUT2D eigenvalue weighted by Crippen LogP contribution is -2.20. The van der Waals surface area contributed by atoms with Crippen LogP contribution in [0.5, 0.6) is 0 Å². The van der Waals surface area contributed by atoms with Gasteiger partial charge in [0, 0.05) is 19.0 Å². The molecule has 1 aromatic rings. The number of aromatic nitrogens is 2. The lowest BCUT2D eigenvalue weighted by Gasteiger charge is -2.22. The first-order chi connectivity index (χ1) is 9.78. The minimum atomic E-state index is 0.454. The standard InChI is InChI=1S/C15H24ClN3O/c1-2-6-14-18-13(16)11-15(19-14)17-9-10-20-12-7-4-3-5-8-12/h11-12H,2-10H2,1H3,(H,17,18,19). The SMILES string of the molecule is CCCc1nc(Cl)cc(NCCOC2CCCCC2)n1. The third-order valence-corrected chi connectivity index (χ3v) is 3.72. The van der Waals surface area contributed by atoms with Crippen LogP contribution >= 0.6 is 11.6 Å². The predicted octanol–water partition coefficient (Wildman–Crippen LogP) is 3.84. The van der Waals surface area contributed by atoms with Crippen LogP contribution in [-0.2, 0) is 11.2 Å². The van der Waals surface area contributed by atoms with Crippen LogP contribution in [0.3, 0.4) is 0 Å². The van der Waals surface area contributed by atoms with Crippen molar-refractivity contribution in [1.29, 1.82) is 0 Å². The van der Waals surface area contributed by atoms with Crippen molar-refractivity contribution in [3.05, 3.63) is 17.0 Å². The third-order valence-electron chi connectivity index (χ3n) is 3.53. The Hall–Kier alpha value is -0.870. The first kappa shape index (κ1) is 15.5. The van der Waals surface area contributed by atoms with Gasteiger partial charge in [0.05, 0.1) is 12.7 Å². The van der Waals surface area contributed by atoms with Crippen molar-refractivity contribution in [2.24, 2.45) is 0 Å². The number of anilines is 1. The summed E-state index contributed by atoms with van der Waals surface area (Å²) in [7, 11) is 0. The number of halogens is 1. The van der Waals surface area contributed by atoms with Crippen LogP contribution in [0, 0.1) is 0 Å². The Balaban J connectivity index is 1.72. The molecule has 1 aromatic heterocycles. The molecule has 1 fully saturated rings. The summed E-state index contributed by atoms with van der Waals surface area (Å²) >= 11 is 6.00. The average molecular weight is 298 g/mol. The summed E-state index contributed by atoms with van der Waals surface area (Å²) < 4.78 is 5.87. The number of aryl methyl sites for hydroxylation is 1. The van der Waals surface area contributed by atoms with Crippen LogP contribution in [0.25, 0.3) is 0 Å². The van der Waals surface area contributed by atoms with Gasteiger partial charge in [-0.2, -0.15) is 0 Å². The summed E-state index contributed by atoms with van der Waals surface area (Å²) in [5.74, 6) is 1.59. The highest BCUT2D eigenvalue weighted by molar-refractivity contribution is 6.29. The molecule has 0 amide bonds. The fraction of sp³-hybridized carbons (Fsp3) is 0.733. The summed E-state index contributed by atoms with van der Waals surface area (Å²) in [4.78, 5) is 8.65. The van der Waals surface area contributed by atoms with E-state index in [2.05, 4.69) is 22.2 Å². The molecule has 0 saturated heterocycles. The van der Waals surface area contributed by atoms with E-state index in [1.165, 1.54) is 32.1 Å². The van der Waals surface area contributed by atoms with Gasteiger partial charge in [-0.15, -0.1) is 0 Å². The first-order valence-electron chi connectivity index (χ1n) is 7.67. The van der Waals surface area contributed by atoms with Gasteiger partial charge in [0.2, 0.25) is 0 Å². The zero-order valence-electron chi connectivity index (χ0n) is 12.2. The molecule has 1 N–H and O–H groups in total. The quantitative estimate of drug-likeness (QED) is 0.613. The molecular weight excluding hydrogens is 274 g/mol. The summed E-state index contributed by atoms with van der Waals surface area (Å²) in [5.41, 5.74) is 0. The summed E-state index contributed by atoms with van der Waals surface area (Å²) in [6.45, 7) is 3.58. The molecule has 20 heavy (non-hydrogen) atoms.